The van der Waals surface area contributed by atoms with E-state index in [0.717, 1.165) is 38.1 Å². The molecule has 1 rings (SSSR count). The Morgan fingerprint density at radius 2 is 1.95 bits per heavy atom. The van der Waals surface area contributed by atoms with Crippen molar-refractivity contribution in [3.05, 3.63) is 0 Å². The minimum absolute atomic E-state index is 0.174. The average molecular weight is 287 g/mol. The maximum absolute atomic E-state index is 12.0. The number of thioether (sulfide) groups is 1. The van der Waals surface area contributed by atoms with Crippen molar-refractivity contribution in [2.45, 2.75) is 52.6 Å². The fraction of sp³-hybridized carbons (Fsp3) is 0.857. The Morgan fingerprint density at radius 3 is 2.53 bits per heavy atom. The van der Waals surface area contributed by atoms with Crippen LogP contribution in [0.15, 0.2) is 0 Å². The Balaban J connectivity index is 2.41. The number of nitrogens with zero attached hydrogens (tertiary/aromatic N) is 1. The van der Waals surface area contributed by atoms with E-state index >= 15 is 0 Å². The van der Waals surface area contributed by atoms with Crippen molar-refractivity contribution >= 4 is 23.0 Å². The molecule has 0 unspecified atom stereocenters. The molecule has 1 aliphatic heterocycles. The molecule has 0 saturated carbocycles. The third kappa shape index (κ3) is 6.85. The lowest BCUT2D eigenvalue weighted by Crippen LogP contribution is -2.37. The second kappa shape index (κ2) is 7.17. The quantitative estimate of drug-likeness (QED) is 0.782. The molecule has 1 fully saturated rings. The maximum Gasteiger partial charge on any atom is 0.410 e. The van der Waals surface area contributed by atoms with Crippen molar-refractivity contribution in [1.29, 1.82) is 0 Å². The van der Waals surface area contributed by atoms with Crippen LogP contribution >= 0.6 is 11.8 Å². The van der Waals surface area contributed by atoms with E-state index in [0.29, 0.717) is 5.92 Å². The summed E-state index contributed by atoms with van der Waals surface area (Å²) in [6, 6.07) is 0. The minimum atomic E-state index is -0.437. The maximum atomic E-state index is 12.0. The Kier molecular flexibility index (Phi) is 6.17. The van der Waals surface area contributed by atoms with E-state index in [4.69, 9.17) is 4.74 Å². The van der Waals surface area contributed by atoms with Gasteiger partial charge >= 0.3 is 6.09 Å². The van der Waals surface area contributed by atoms with E-state index in [1.165, 1.54) is 11.8 Å². The first-order valence-corrected chi connectivity index (χ1v) is 7.88. The summed E-state index contributed by atoms with van der Waals surface area (Å²) in [5.41, 5.74) is -0.437. The summed E-state index contributed by atoms with van der Waals surface area (Å²) in [7, 11) is 0. The second-order valence-corrected chi connectivity index (χ2v) is 7.26. The average Bonchev–Trinajstić information content (AvgIpc) is 2.49. The summed E-state index contributed by atoms with van der Waals surface area (Å²) in [4.78, 5) is 24.8. The third-order valence-electron chi connectivity index (χ3n) is 3.02. The highest BCUT2D eigenvalue weighted by molar-refractivity contribution is 8.13. The predicted molar refractivity (Wildman–Crippen MR) is 78.3 cm³/mol. The minimum Gasteiger partial charge on any atom is -0.444 e. The number of hydrogen-bond acceptors (Lipinski definition) is 4. The zero-order valence-corrected chi connectivity index (χ0v) is 13.2. The lowest BCUT2D eigenvalue weighted by atomic mass is 10.0. The molecule has 1 atom stereocenters. The molecule has 1 heterocycles. The molecule has 0 N–H and O–H groups in total. The van der Waals surface area contributed by atoms with E-state index in [2.05, 4.69) is 0 Å². The lowest BCUT2D eigenvalue weighted by Gasteiger charge is -2.26. The van der Waals surface area contributed by atoms with Gasteiger partial charge in [-0.1, -0.05) is 11.8 Å². The van der Waals surface area contributed by atoms with Crippen LogP contribution in [-0.2, 0) is 9.53 Å². The van der Waals surface area contributed by atoms with Gasteiger partial charge in [-0.25, -0.2) is 4.79 Å². The molecule has 0 aromatic heterocycles. The molecule has 0 radical (unpaired) electrons. The van der Waals surface area contributed by atoms with Crippen LogP contribution in [0.3, 0.4) is 0 Å². The summed E-state index contributed by atoms with van der Waals surface area (Å²) >= 11 is 1.39. The molecule has 19 heavy (non-hydrogen) atoms. The summed E-state index contributed by atoms with van der Waals surface area (Å²) < 4.78 is 5.39. The smallest absolute Gasteiger partial charge is 0.410 e. The molecule has 1 amide bonds. The Labute approximate surface area is 120 Å². The van der Waals surface area contributed by atoms with Gasteiger partial charge < -0.3 is 9.64 Å². The first-order chi connectivity index (χ1) is 8.78. The van der Waals surface area contributed by atoms with Crippen molar-refractivity contribution < 1.29 is 14.3 Å². The van der Waals surface area contributed by atoms with Crippen LogP contribution in [0.5, 0.6) is 0 Å². The van der Waals surface area contributed by atoms with Gasteiger partial charge in [0.2, 0.25) is 0 Å². The second-order valence-electron chi connectivity index (χ2n) is 6.07. The summed E-state index contributed by atoms with van der Waals surface area (Å²) in [6.07, 6.45) is 2.81. The molecular weight excluding hydrogens is 262 g/mol. The molecule has 4 nitrogen and oxygen atoms in total. The van der Waals surface area contributed by atoms with Crippen LogP contribution in [0.25, 0.3) is 0 Å². The molecule has 5 heteroatoms. The largest absolute Gasteiger partial charge is 0.444 e. The van der Waals surface area contributed by atoms with Crippen LogP contribution in [0.4, 0.5) is 4.79 Å². The number of ether oxygens (including phenoxy) is 1. The molecule has 110 valence electrons. The van der Waals surface area contributed by atoms with Crippen LogP contribution < -0.4 is 0 Å². The highest BCUT2D eigenvalue weighted by atomic mass is 32.2. The highest BCUT2D eigenvalue weighted by Gasteiger charge is 2.25. The van der Waals surface area contributed by atoms with E-state index in [9.17, 15) is 9.59 Å². The van der Waals surface area contributed by atoms with Gasteiger partial charge in [0.05, 0.1) is 0 Å². The fourth-order valence-electron chi connectivity index (χ4n) is 2.08. The summed E-state index contributed by atoms with van der Waals surface area (Å²) in [6.45, 7) is 8.75. The fourth-order valence-corrected chi connectivity index (χ4v) is 2.88. The van der Waals surface area contributed by atoms with Gasteiger partial charge in [-0.2, -0.15) is 0 Å². The first kappa shape index (κ1) is 16.3. The third-order valence-corrected chi connectivity index (χ3v) is 4.07. The van der Waals surface area contributed by atoms with E-state index in [1.54, 1.807) is 11.8 Å². The number of rotatable bonds is 2. The predicted octanol–water partition coefficient (Wildman–Crippen LogP) is 3.30. The molecule has 0 aromatic carbocycles. The number of amides is 1. The molecule has 0 aromatic rings. The van der Waals surface area contributed by atoms with Crippen LogP contribution in [0.2, 0.25) is 0 Å². The Morgan fingerprint density at radius 1 is 1.26 bits per heavy atom. The lowest BCUT2D eigenvalue weighted by molar-refractivity contribution is -0.109. The van der Waals surface area contributed by atoms with Crippen molar-refractivity contribution in [3.63, 3.8) is 0 Å². The monoisotopic (exact) mass is 287 g/mol. The molecule has 1 aliphatic rings. The van der Waals surface area contributed by atoms with E-state index in [-0.39, 0.29) is 11.2 Å². The molecule has 0 aliphatic carbocycles. The number of carbonyl (C=O) groups excluding carboxylic acids is 2. The molecule has 0 bridgehead atoms. The van der Waals surface area contributed by atoms with Gasteiger partial charge in [0, 0.05) is 25.8 Å². The van der Waals surface area contributed by atoms with Crippen molar-refractivity contribution in [2.75, 3.05) is 18.8 Å². The molecule has 0 spiro atoms. The van der Waals surface area contributed by atoms with Crippen LogP contribution in [0.1, 0.15) is 47.0 Å². The normalized spacial score (nSPS) is 20.8. The van der Waals surface area contributed by atoms with Crippen molar-refractivity contribution in [2.24, 2.45) is 5.92 Å². The van der Waals surface area contributed by atoms with Gasteiger partial charge in [-0.05, 0) is 46.0 Å². The number of carbonyl (C=O) groups is 2. The SMILES string of the molecule is CC(=O)SC[C@@H]1CCCN(C(=O)OC(C)(C)C)CC1. The van der Waals surface area contributed by atoms with E-state index < -0.39 is 5.60 Å². The standard InChI is InChI=1S/C14H25NO3S/c1-11(16)19-10-12-6-5-8-15(9-7-12)13(17)18-14(2,3)4/h12H,5-10H2,1-4H3/t12-/m1/s1. The number of hydrogen-bond donors (Lipinski definition) is 0. The topological polar surface area (TPSA) is 46.6 Å². The van der Waals surface area contributed by atoms with Gasteiger partial charge in [-0.15, -0.1) is 0 Å². The van der Waals surface area contributed by atoms with Gasteiger partial charge in [0.1, 0.15) is 5.60 Å². The molecular formula is C14H25NO3S. The first-order valence-electron chi connectivity index (χ1n) is 6.89. The number of likely N-dealkylation sites (tertiary alicyclic amines) is 1. The summed E-state index contributed by atoms with van der Waals surface area (Å²) in [5, 5.41) is 0.174. The summed E-state index contributed by atoms with van der Waals surface area (Å²) in [5.74, 6) is 1.40. The Bertz CT molecular complexity index is 325. The van der Waals surface area contributed by atoms with Crippen molar-refractivity contribution in [1.82, 2.24) is 4.90 Å². The zero-order valence-electron chi connectivity index (χ0n) is 12.4. The highest BCUT2D eigenvalue weighted by Crippen LogP contribution is 2.23. The van der Waals surface area contributed by atoms with E-state index in [1.807, 2.05) is 20.8 Å². The Hall–Kier alpha value is -0.710. The molecule has 1 saturated heterocycles. The van der Waals surface area contributed by atoms with Crippen LogP contribution in [0, 0.1) is 5.92 Å². The van der Waals surface area contributed by atoms with Crippen molar-refractivity contribution in [3.8, 4) is 0 Å². The van der Waals surface area contributed by atoms with Gasteiger partial charge in [0.25, 0.3) is 0 Å². The van der Waals surface area contributed by atoms with Gasteiger partial charge in [-0.3, -0.25) is 4.79 Å². The van der Waals surface area contributed by atoms with Gasteiger partial charge in [0.15, 0.2) is 5.12 Å². The van der Waals surface area contributed by atoms with Crippen LogP contribution in [-0.4, -0.2) is 40.6 Å². The zero-order chi connectivity index (χ0) is 14.5.